The van der Waals surface area contributed by atoms with Crippen LogP contribution in [0.1, 0.15) is 11.1 Å². The fraction of sp³-hybridized carbons (Fsp3) is 0.208. The van der Waals surface area contributed by atoms with Gasteiger partial charge in [-0.15, -0.1) is 0 Å². The third-order valence-corrected chi connectivity index (χ3v) is 4.59. The van der Waals surface area contributed by atoms with Crippen LogP contribution < -0.4 is 14.8 Å². The molecule has 0 spiro atoms. The Morgan fingerprint density at radius 2 is 1.87 bits per heavy atom. The Hall–Kier alpha value is -3.58. The van der Waals surface area contributed by atoms with E-state index in [1.54, 1.807) is 43.5 Å². The summed E-state index contributed by atoms with van der Waals surface area (Å²) in [6.45, 7) is 0.491. The highest BCUT2D eigenvalue weighted by atomic mass is 19.1. The number of rotatable bonds is 9. The number of ether oxygens (including phenoxy) is 2. The second kappa shape index (κ2) is 11.0. The van der Waals surface area contributed by atoms with Crippen molar-refractivity contribution in [2.45, 2.75) is 13.2 Å². The normalized spacial score (nSPS) is 10.4. The molecule has 31 heavy (non-hydrogen) atoms. The molecule has 0 unspecified atom stereocenters. The Morgan fingerprint density at radius 1 is 1.06 bits per heavy atom. The van der Waals surface area contributed by atoms with Crippen molar-refractivity contribution in [3.8, 4) is 11.5 Å². The number of urea groups is 1. The molecule has 0 radical (unpaired) electrons. The second-order valence-electron chi connectivity index (χ2n) is 6.83. The third kappa shape index (κ3) is 6.45. The summed E-state index contributed by atoms with van der Waals surface area (Å²) in [7, 11) is 1.57. The van der Waals surface area contributed by atoms with E-state index in [0.29, 0.717) is 22.7 Å². The van der Waals surface area contributed by atoms with Crippen LogP contribution in [-0.4, -0.2) is 36.3 Å². The van der Waals surface area contributed by atoms with Crippen LogP contribution in [0.25, 0.3) is 0 Å². The Kier molecular flexibility index (Phi) is 7.84. The molecule has 7 heteroatoms. The summed E-state index contributed by atoms with van der Waals surface area (Å²) in [5, 5.41) is 12.2. The first-order valence-electron chi connectivity index (χ1n) is 9.85. The molecule has 3 rings (SSSR count). The van der Waals surface area contributed by atoms with E-state index in [2.05, 4.69) is 5.32 Å². The fourth-order valence-corrected chi connectivity index (χ4v) is 3.07. The van der Waals surface area contributed by atoms with E-state index in [-0.39, 0.29) is 38.2 Å². The molecule has 0 saturated heterocycles. The van der Waals surface area contributed by atoms with Crippen LogP contribution in [0, 0.1) is 5.82 Å². The summed E-state index contributed by atoms with van der Waals surface area (Å²) in [6, 6.07) is 20.2. The van der Waals surface area contributed by atoms with Crippen molar-refractivity contribution >= 4 is 11.7 Å². The average Bonchev–Trinajstić information content (AvgIpc) is 2.78. The second-order valence-corrected chi connectivity index (χ2v) is 6.83. The predicted octanol–water partition coefficient (Wildman–Crippen LogP) is 4.44. The number of para-hydroxylation sites is 1. The van der Waals surface area contributed by atoms with Crippen molar-refractivity contribution in [3.63, 3.8) is 0 Å². The molecule has 0 aliphatic carbocycles. The number of carbonyl (C=O) groups is 1. The van der Waals surface area contributed by atoms with Crippen molar-refractivity contribution in [2.75, 3.05) is 25.6 Å². The summed E-state index contributed by atoms with van der Waals surface area (Å²) in [6.07, 6.45) is 0. The number of nitrogens with one attached hydrogen (secondary N) is 1. The number of hydrogen-bond donors (Lipinski definition) is 2. The van der Waals surface area contributed by atoms with Crippen LogP contribution in [0.3, 0.4) is 0 Å². The molecule has 3 aromatic rings. The summed E-state index contributed by atoms with van der Waals surface area (Å²) in [5.41, 5.74) is 2.09. The molecule has 2 N–H and O–H groups in total. The summed E-state index contributed by atoms with van der Waals surface area (Å²) < 4.78 is 24.4. The first-order chi connectivity index (χ1) is 15.1. The smallest absolute Gasteiger partial charge is 0.322 e. The van der Waals surface area contributed by atoms with Crippen molar-refractivity contribution < 1.29 is 23.8 Å². The monoisotopic (exact) mass is 424 g/mol. The van der Waals surface area contributed by atoms with Crippen LogP contribution in [-0.2, 0) is 13.2 Å². The zero-order valence-corrected chi connectivity index (χ0v) is 17.3. The highest BCUT2D eigenvalue weighted by Crippen LogP contribution is 2.22. The van der Waals surface area contributed by atoms with E-state index in [0.717, 1.165) is 5.56 Å². The molecule has 3 aromatic carbocycles. The lowest BCUT2D eigenvalue weighted by Crippen LogP contribution is -2.36. The summed E-state index contributed by atoms with van der Waals surface area (Å²) in [4.78, 5) is 14.3. The van der Waals surface area contributed by atoms with Gasteiger partial charge in [0.2, 0.25) is 0 Å². The van der Waals surface area contributed by atoms with Gasteiger partial charge in [0.05, 0.1) is 20.3 Å². The van der Waals surface area contributed by atoms with Crippen LogP contribution in [0.5, 0.6) is 11.5 Å². The molecule has 0 aliphatic heterocycles. The number of methoxy groups -OCH3 is 1. The quantitative estimate of drug-likeness (QED) is 0.533. The van der Waals surface area contributed by atoms with Crippen molar-refractivity contribution in [2.24, 2.45) is 0 Å². The highest BCUT2D eigenvalue weighted by Gasteiger charge is 2.16. The van der Waals surface area contributed by atoms with Crippen molar-refractivity contribution in [3.05, 3.63) is 89.7 Å². The molecule has 162 valence electrons. The zero-order chi connectivity index (χ0) is 22.1. The Morgan fingerprint density at radius 3 is 2.65 bits per heavy atom. The number of hydrogen-bond acceptors (Lipinski definition) is 4. The number of nitrogens with zero attached hydrogens (tertiary/aromatic N) is 1. The summed E-state index contributed by atoms with van der Waals surface area (Å²) >= 11 is 0. The minimum absolute atomic E-state index is 0.166. The van der Waals surface area contributed by atoms with Gasteiger partial charge in [-0.25, -0.2) is 9.18 Å². The third-order valence-electron chi connectivity index (χ3n) is 4.59. The van der Waals surface area contributed by atoms with Crippen LogP contribution in [0.15, 0.2) is 72.8 Å². The van der Waals surface area contributed by atoms with Crippen LogP contribution in [0.2, 0.25) is 0 Å². The van der Waals surface area contributed by atoms with Gasteiger partial charge in [0.15, 0.2) is 0 Å². The van der Waals surface area contributed by atoms with Gasteiger partial charge in [-0.2, -0.15) is 0 Å². The Balaban J connectivity index is 1.65. The maximum Gasteiger partial charge on any atom is 0.322 e. The van der Waals surface area contributed by atoms with E-state index in [9.17, 15) is 14.3 Å². The van der Waals surface area contributed by atoms with E-state index < -0.39 is 0 Å². The van der Waals surface area contributed by atoms with Crippen molar-refractivity contribution in [1.29, 1.82) is 0 Å². The standard InChI is InChI=1S/C24H25FN2O4/c1-30-23-11-3-2-7-19(23)16-27(12-13-28)24(29)26-21-9-5-10-22(15-21)31-17-18-6-4-8-20(25)14-18/h2-11,14-15,28H,12-13,16-17H2,1H3,(H,26,29). The van der Waals surface area contributed by atoms with Gasteiger partial charge < -0.3 is 24.8 Å². The number of aliphatic hydroxyl groups excluding tert-OH is 1. The molecule has 0 aliphatic rings. The molecular formula is C24H25FN2O4. The van der Waals surface area contributed by atoms with Crippen molar-refractivity contribution in [1.82, 2.24) is 4.90 Å². The zero-order valence-electron chi connectivity index (χ0n) is 17.3. The fourth-order valence-electron chi connectivity index (χ4n) is 3.07. The predicted molar refractivity (Wildman–Crippen MR) is 117 cm³/mol. The molecule has 0 bridgehead atoms. The molecule has 2 amide bonds. The lowest BCUT2D eigenvalue weighted by Gasteiger charge is -2.23. The van der Waals surface area contributed by atoms with E-state index in [4.69, 9.17) is 9.47 Å². The van der Waals surface area contributed by atoms with Gasteiger partial charge in [0.1, 0.15) is 23.9 Å². The lowest BCUT2D eigenvalue weighted by atomic mass is 10.2. The maximum absolute atomic E-state index is 13.3. The largest absolute Gasteiger partial charge is 0.496 e. The lowest BCUT2D eigenvalue weighted by molar-refractivity contribution is 0.184. The van der Waals surface area contributed by atoms with Gasteiger partial charge in [0, 0.05) is 23.9 Å². The van der Waals surface area contributed by atoms with Crippen LogP contribution >= 0.6 is 0 Å². The van der Waals surface area contributed by atoms with E-state index in [1.807, 2.05) is 24.3 Å². The number of benzene rings is 3. The Bertz CT molecular complexity index is 1010. The number of halogens is 1. The van der Waals surface area contributed by atoms with Gasteiger partial charge in [0.25, 0.3) is 0 Å². The Labute approximate surface area is 180 Å². The van der Waals surface area contributed by atoms with Gasteiger partial charge >= 0.3 is 6.03 Å². The minimum Gasteiger partial charge on any atom is -0.496 e. The highest BCUT2D eigenvalue weighted by molar-refractivity contribution is 5.89. The number of amides is 2. The number of anilines is 1. The van der Waals surface area contributed by atoms with Gasteiger partial charge in [-0.05, 0) is 35.9 Å². The topological polar surface area (TPSA) is 71.0 Å². The maximum atomic E-state index is 13.3. The van der Waals surface area contributed by atoms with E-state index in [1.165, 1.54) is 17.0 Å². The molecule has 6 nitrogen and oxygen atoms in total. The number of aliphatic hydroxyl groups is 1. The SMILES string of the molecule is COc1ccccc1CN(CCO)C(=O)Nc1cccc(OCc2cccc(F)c2)c1. The van der Waals surface area contributed by atoms with Gasteiger partial charge in [-0.3, -0.25) is 0 Å². The molecule has 0 aromatic heterocycles. The molecular weight excluding hydrogens is 399 g/mol. The molecule has 0 atom stereocenters. The first-order valence-corrected chi connectivity index (χ1v) is 9.85. The molecule has 0 saturated carbocycles. The molecule has 0 heterocycles. The first kappa shape index (κ1) is 22.1. The molecule has 0 fully saturated rings. The summed E-state index contributed by atoms with van der Waals surface area (Å²) in [5.74, 6) is 0.896. The van der Waals surface area contributed by atoms with Gasteiger partial charge in [-0.1, -0.05) is 36.4 Å². The number of carbonyl (C=O) groups excluding carboxylic acids is 1. The minimum atomic E-state index is -0.359. The average molecular weight is 424 g/mol. The van der Waals surface area contributed by atoms with E-state index >= 15 is 0 Å². The van der Waals surface area contributed by atoms with Crippen LogP contribution in [0.4, 0.5) is 14.9 Å².